The summed E-state index contributed by atoms with van der Waals surface area (Å²) in [6.45, 7) is 5.23. The molecule has 6 nitrogen and oxygen atoms in total. The van der Waals surface area contributed by atoms with Gasteiger partial charge in [0.2, 0.25) is 5.91 Å². The van der Waals surface area contributed by atoms with E-state index < -0.39 is 0 Å². The molecule has 0 unspecified atom stereocenters. The second kappa shape index (κ2) is 11.4. The smallest absolute Gasteiger partial charge is 0.230 e. The number of thioether (sulfide) groups is 1. The van der Waals surface area contributed by atoms with Gasteiger partial charge in [-0.1, -0.05) is 51.3 Å². The van der Waals surface area contributed by atoms with Crippen molar-refractivity contribution < 1.29 is 9.53 Å². The van der Waals surface area contributed by atoms with E-state index in [1.165, 1.54) is 31.0 Å². The number of methoxy groups -OCH3 is 1. The minimum atomic E-state index is 0.0633. The van der Waals surface area contributed by atoms with Crippen molar-refractivity contribution in [2.24, 2.45) is 5.92 Å². The predicted molar refractivity (Wildman–Crippen MR) is 122 cm³/mol. The monoisotopic (exact) mass is 430 g/mol. The van der Waals surface area contributed by atoms with Crippen molar-refractivity contribution in [3.05, 3.63) is 24.3 Å². The first-order valence-corrected chi connectivity index (χ1v) is 12.1. The van der Waals surface area contributed by atoms with Crippen LogP contribution in [0.15, 0.2) is 29.4 Å². The van der Waals surface area contributed by atoms with E-state index in [1.54, 1.807) is 7.11 Å². The SMILES string of the molecule is CCCCCNC(=O)CSc1nnc(-c2ccc(OC)cc2)n1[C@@H]1CCCC[C@@H]1C. The Kier molecular flexibility index (Phi) is 8.61. The Morgan fingerprint density at radius 2 is 1.97 bits per heavy atom. The highest BCUT2D eigenvalue weighted by Gasteiger charge is 2.28. The Morgan fingerprint density at radius 1 is 1.20 bits per heavy atom. The van der Waals surface area contributed by atoms with E-state index in [4.69, 9.17) is 4.74 Å². The fraction of sp³-hybridized carbons (Fsp3) is 0.609. The van der Waals surface area contributed by atoms with Crippen molar-refractivity contribution in [3.8, 4) is 17.1 Å². The molecular weight excluding hydrogens is 396 g/mol. The quantitative estimate of drug-likeness (QED) is 0.419. The highest BCUT2D eigenvalue weighted by molar-refractivity contribution is 7.99. The molecule has 164 valence electrons. The molecule has 7 heteroatoms. The first-order chi connectivity index (χ1) is 14.6. The Morgan fingerprint density at radius 3 is 2.67 bits per heavy atom. The van der Waals surface area contributed by atoms with Gasteiger partial charge in [-0.2, -0.15) is 0 Å². The number of nitrogens with zero attached hydrogens (tertiary/aromatic N) is 3. The highest BCUT2D eigenvalue weighted by atomic mass is 32.2. The summed E-state index contributed by atoms with van der Waals surface area (Å²) in [5.41, 5.74) is 1.02. The molecule has 2 aromatic rings. The summed E-state index contributed by atoms with van der Waals surface area (Å²) in [6, 6.07) is 8.33. The fourth-order valence-corrected chi connectivity index (χ4v) is 4.90. The lowest BCUT2D eigenvalue weighted by molar-refractivity contribution is -0.118. The minimum Gasteiger partial charge on any atom is -0.497 e. The van der Waals surface area contributed by atoms with Gasteiger partial charge in [0, 0.05) is 18.2 Å². The molecule has 1 aliphatic carbocycles. The van der Waals surface area contributed by atoms with Crippen LogP contribution in [-0.4, -0.2) is 40.1 Å². The van der Waals surface area contributed by atoms with Gasteiger partial charge in [0.05, 0.1) is 12.9 Å². The van der Waals surface area contributed by atoms with Crippen LogP contribution in [0, 0.1) is 5.92 Å². The average Bonchev–Trinajstić information content (AvgIpc) is 3.19. The number of carbonyl (C=O) groups is 1. The van der Waals surface area contributed by atoms with Gasteiger partial charge in [-0.3, -0.25) is 9.36 Å². The molecule has 1 aromatic carbocycles. The summed E-state index contributed by atoms with van der Waals surface area (Å²) in [7, 11) is 1.67. The molecular formula is C23H34N4O2S. The standard InChI is InChI=1S/C23H34N4O2S/c1-4-5-8-15-24-21(28)16-30-23-26-25-22(18-11-13-19(29-3)14-12-18)27(23)20-10-7-6-9-17(20)2/h11-14,17,20H,4-10,15-16H2,1-3H3,(H,24,28)/t17-,20+/m0/s1. The highest BCUT2D eigenvalue weighted by Crippen LogP contribution is 2.39. The van der Waals surface area contributed by atoms with Crippen molar-refractivity contribution in [1.82, 2.24) is 20.1 Å². The number of hydrogen-bond acceptors (Lipinski definition) is 5. The van der Waals surface area contributed by atoms with Crippen LogP contribution in [0.1, 0.15) is 64.8 Å². The van der Waals surface area contributed by atoms with E-state index in [0.29, 0.717) is 17.7 Å². The molecule has 1 heterocycles. The number of hydrogen-bond donors (Lipinski definition) is 1. The number of benzene rings is 1. The molecule has 1 aliphatic rings. The summed E-state index contributed by atoms with van der Waals surface area (Å²) in [5.74, 6) is 2.70. The number of nitrogens with one attached hydrogen (secondary N) is 1. The van der Waals surface area contributed by atoms with Crippen molar-refractivity contribution in [1.29, 1.82) is 0 Å². The zero-order valence-electron chi connectivity index (χ0n) is 18.4. The van der Waals surface area contributed by atoms with Crippen LogP contribution in [-0.2, 0) is 4.79 Å². The largest absolute Gasteiger partial charge is 0.497 e. The van der Waals surface area contributed by atoms with Gasteiger partial charge in [0.1, 0.15) is 5.75 Å². The second-order valence-electron chi connectivity index (χ2n) is 8.08. The van der Waals surface area contributed by atoms with Crippen LogP contribution >= 0.6 is 11.8 Å². The maximum absolute atomic E-state index is 12.3. The molecule has 2 atom stereocenters. The molecule has 1 amide bonds. The summed E-state index contributed by atoms with van der Waals surface area (Å²) in [5, 5.41) is 12.9. The van der Waals surface area contributed by atoms with Crippen LogP contribution < -0.4 is 10.1 Å². The normalized spacial score (nSPS) is 18.9. The summed E-state index contributed by atoms with van der Waals surface area (Å²) >= 11 is 1.49. The molecule has 0 bridgehead atoms. The summed E-state index contributed by atoms with van der Waals surface area (Å²) in [4.78, 5) is 12.3. The van der Waals surface area contributed by atoms with Gasteiger partial charge in [-0.15, -0.1) is 10.2 Å². The van der Waals surface area contributed by atoms with Crippen LogP contribution in [0.4, 0.5) is 0 Å². The van der Waals surface area contributed by atoms with Gasteiger partial charge in [-0.25, -0.2) is 0 Å². The number of ether oxygens (including phenoxy) is 1. The van der Waals surface area contributed by atoms with Crippen LogP contribution in [0.5, 0.6) is 5.75 Å². The van der Waals surface area contributed by atoms with Gasteiger partial charge in [-0.05, 0) is 49.4 Å². The number of carbonyl (C=O) groups excluding carboxylic acids is 1. The molecule has 0 aliphatic heterocycles. The Labute approximate surface area is 184 Å². The molecule has 1 N–H and O–H groups in total. The summed E-state index contributed by atoms with van der Waals surface area (Å²) < 4.78 is 7.57. The number of rotatable bonds is 10. The van der Waals surface area contributed by atoms with Crippen LogP contribution in [0.3, 0.4) is 0 Å². The number of unbranched alkanes of at least 4 members (excludes halogenated alkanes) is 2. The van der Waals surface area contributed by atoms with E-state index in [1.807, 2.05) is 24.3 Å². The topological polar surface area (TPSA) is 69.0 Å². The zero-order chi connectivity index (χ0) is 21.3. The Hall–Kier alpha value is -2.02. The van der Waals surface area contributed by atoms with Gasteiger partial charge >= 0.3 is 0 Å². The first-order valence-electron chi connectivity index (χ1n) is 11.1. The zero-order valence-corrected chi connectivity index (χ0v) is 19.2. The van der Waals surface area contributed by atoms with E-state index in [-0.39, 0.29) is 5.91 Å². The third kappa shape index (κ3) is 5.78. The number of amides is 1. The molecule has 1 aromatic heterocycles. The Bertz CT molecular complexity index is 806. The first kappa shape index (κ1) is 22.7. The third-order valence-corrected chi connectivity index (χ3v) is 6.79. The molecule has 30 heavy (non-hydrogen) atoms. The summed E-state index contributed by atoms with van der Waals surface area (Å²) in [6.07, 6.45) is 8.17. The van der Waals surface area contributed by atoms with Crippen molar-refractivity contribution in [3.63, 3.8) is 0 Å². The van der Waals surface area contributed by atoms with E-state index >= 15 is 0 Å². The average molecular weight is 431 g/mol. The maximum atomic E-state index is 12.3. The number of aromatic nitrogens is 3. The second-order valence-corrected chi connectivity index (χ2v) is 9.02. The maximum Gasteiger partial charge on any atom is 0.230 e. The predicted octanol–water partition coefficient (Wildman–Crippen LogP) is 5.10. The van der Waals surface area contributed by atoms with E-state index in [0.717, 1.165) is 54.5 Å². The van der Waals surface area contributed by atoms with Crippen LogP contribution in [0.25, 0.3) is 11.4 Å². The molecule has 3 rings (SSSR count). The lowest BCUT2D eigenvalue weighted by Crippen LogP contribution is -2.27. The van der Waals surface area contributed by atoms with Crippen molar-refractivity contribution >= 4 is 17.7 Å². The Balaban J connectivity index is 1.78. The lowest BCUT2D eigenvalue weighted by Gasteiger charge is -2.31. The van der Waals surface area contributed by atoms with Gasteiger partial charge < -0.3 is 10.1 Å². The van der Waals surface area contributed by atoms with E-state index in [2.05, 4.69) is 33.9 Å². The van der Waals surface area contributed by atoms with Crippen LogP contribution in [0.2, 0.25) is 0 Å². The van der Waals surface area contributed by atoms with Crippen molar-refractivity contribution in [2.75, 3.05) is 19.4 Å². The molecule has 0 spiro atoms. The van der Waals surface area contributed by atoms with Gasteiger partial charge in [0.15, 0.2) is 11.0 Å². The molecule has 0 radical (unpaired) electrons. The lowest BCUT2D eigenvalue weighted by atomic mass is 9.85. The third-order valence-electron chi connectivity index (χ3n) is 5.85. The minimum absolute atomic E-state index is 0.0633. The molecule has 1 fully saturated rings. The van der Waals surface area contributed by atoms with Gasteiger partial charge in [0.25, 0.3) is 0 Å². The van der Waals surface area contributed by atoms with Crippen molar-refractivity contribution in [2.45, 2.75) is 70.0 Å². The van der Waals surface area contributed by atoms with E-state index in [9.17, 15) is 4.79 Å². The molecule has 1 saturated carbocycles. The fourth-order valence-electron chi connectivity index (χ4n) is 4.08. The molecule has 0 saturated heterocycles.